The number of fused-ring (bicyclic) bond motifs is 1. The number of phenolic OH excluding ortho intramolecular Hbond substituents is 1. The zero-order valence-corrected chi connectivity index (χ0v) is 17.1. The number of aromatic hydroxyl groups is 1. The highest BCUT2D eigenvalue weighted by Crippen LogP contribution is 2.60. The molecule has 4 aliphatic rings. The van der Waals surface area contributed by atoms with Crippen LogP contribution in [-0.2, 0) is 0 Å². The van der Waals surface area contributed by atoms with Crippen molar-refractivity contribution in [3.05, 3.63) is 65.7 Å². The van der Waals surface area contributed by atoms with Crippen molar-refractivity contribution in [3.8, 4) is 16.9 Å². The van der Waals surface area contributed by atoms with Crippen molar-refractivity contribution in [1.29, 1.82) is 0 Å². The highest BCUT2D eigenvalue weighted by Gasteiger charge is 2.49. The van der Waals surface area contributed by atoms with E-state index in [-0.39, 0.29) is 0 Å². The molecule has 0 aromatic heterocycles. The lowest BCUT2D eigenvalue weighted by molar-refractivity contribution is -0.00345. The molecule has 4 fully saturated rings. The smallest absolute Gasteiger partial charge is 0.248 e. The minimum absolute atomic E-state index is 0.403. The number of carbonyl (C=O) groups excluding carboxylic acids is 1. The van der Waals surface area contributed by atoms with E-state index in [9.17, 15) is 9.90 Å². The molecular weight excluding hydrogens is 370 g/mol. The number of carbonyl (C=O) groups is 1. The van der Waals surface area contributed by atoms with Crippen LogP contribution in [0, 0.1) is 23.7 Å². The van der Waals surface area contributed by atoms with Crippen LogP contribution in [0.3, 0.4) is 0 Å². The van der Waals surface area contributed by atoms with Gasteiger partial charge in [-0.15, -0.1) is 0 Å². The van der Waals surface area contributed by atoms with Gasteiger partial charge in [0.1, 0.15) is 5.75 Å². The molecule has 4 aliphatic carbocycles. The van der Waals surface area contributed by atoms with Crippen LogP contribution < -0.4 is 5.73 Å². The maximum atomic E-state index is 11.5. The molecule has 0 radical (unpaired) electrons. The Morgan fingerprint density at radius 3 is 2.07 bits per heavy atom. The van der Waals surface area contributed by atoms with E-state index in [0.717, 1.165) is 51.1 Å². The number of benzene rings is 3. The Kier molecular flexibility index (Phi) is 3.96. The molecule has 4 bridgehead atoms. The van der Waals surface area contributed by atoms with E-state index in [1.165, 1.54) is 32.1 Å². The fourth-order valence-electron chi connectivity index (χ4n) is 7.01. The predicted octanol–water partition coefficient (Wildman–Crippen LogP) is 5.85. The molecule has 0 spiro atoms. The second-order valence-electron chi connectivity index (χ2n) is 9.87. The van der Waals surface area contributed by atoms with Gasteiger partial charge in [-0.05, 0) is 119 Å². The third kappa shape index (κ3) is 2.83. The Morgan fingerprint density at radius 2 is 1.37 bits per heavy atom. The van der Waals surface area contributed by atoms with E-state index in [1.807, 2.05) is 30.3 Å². The van der Waals surface area contributed by atoms with Gasteiger partial charge >= 0.3 is 0 Å². The number of rotatable bonds is 3. The number of hydrogen-bond acceptors (Lipinski definition) is 2. The van der Waals surface area contributed by atoms with Gasteiger partial charge in [-0.3, -0.25) is 4.79 Å². The van der Waals surface area contributed by atoms with Gasteiger partial charge in [0.15, 0.2) is 0 Å². The van der Waals surface area contributed by atoms with Crippen LogP contribution in [0.2, 0.25) is 0 Å². The van der Waals surface area contributed by atoms with E-state index in [2.05, 4.69) is 18.2 Å². The normalized spacial score (nSPS) is 29.4. The maximum Gasteiger partial charge on any atom is 0.248 e. The zero-order chi connectivity index (χ0) is 20.4. The Morgan fingerprint density at radius 1 is 0.767 bits per heavy atom. The summed E-state index contributed by atoms with van der Waals surface area (Å²) in [7, 11) is 0. The SMILES string of the molecule is NC(=O)c1ccc2cc(-c3ccc(O)c(C4C5CC6CC(C5)CC4C6)c3)ccc2c1. The number of hydrogen-bond donors (Lipinski definition) is 2. The summed E-state index contributed by atoms with van der Waals surface area (Å²) in [6, 6.07) is 18.0. The standard InChI is InChI=1S/C27H27NO2/c28-27(30)21-4-3-17-12-18(1-2-19(17)13-21)20-5-6-25(29)24(14-20)26-22-8-15-7-16(10-22)11-23(26)9-15/h1-6,12-16,22-23,26,29H,7-11H2,(H2,28,30). The largest absolute Gasteiger partial charge is 0.508 e. The molecule has 152 valence electrons. The molecule has 0 atom stereocenters. The van der Waals surface area contributed by atoms with Gasteiger partial charge < -0.3 is 10.8 Å². The Bertz CT molecular complexity index is 1140. The molecule has 3 nitrogen and oxygen atoms in total. The number of phenols is 1. The lowest BCUT2D eigenvalue weighted by atomic mass is 9.50. The topological polar surface area (TPSA) is 63.3 Å². The first-order valence-corrected chi connectivity index (χ1v) is 11.2. The molecule has 1 amide bonds. The van der Waals surface area contributed by atoms with E-state index in [0.29, 0.717) is 17.2 Å². The minimum atomic E-state index is -0.403. The lowest BCUT2D eigenvalue weighted by Crippen LogP contribution is -2.43. The monoisotopic (exact) mass is 397 g/mol. The highest BCUT2D eigenvalue weighted by atomic mass is 16.3. The van der Waals surface area contributed by atoms with Crippen molar-refractivity contribution in [2.45, 2.75) is 38.0 Å². The quantitative estimate of drug-likeness (QED) is 0.582. The van der Waals surface area contributed by atoms with Gasteiger partial charge in [0, 0.05) is 5.56 Å². The Hall–Kier alpha value is -2.81. The molecule has 3 heteroatoms. The Balaban J connectivity index is 1.38. The first kappa shape index (κ1) is 18.0. The highest BCUT2D eigenvalue weighted by molar-refractivity contribution is 5.98. The van der Waals surface area contributed by atoms with Gasteiger partial charge in [-0.2, -0.15) is 0 Å². The molecule has 3 aromatic rings. The summed E-state index contributed by atoms with van der Waals surface area (Å²) in [5, 5.41) is 12.9. The molecule has 0 aliphatic heterocycles. The van der Waals surface area contributed by atoms with Gasteiger partial charge in [0.2, 0.25) is 5.91 Å². The molecule has 0 unspecified atom stereocenters. The van der Waals surface area contributed by atoms with E-state index < -0.39 is 5.91 Å². The molecule has 3 aromatic carbocycles. The van der Waals surface area contributed by atoms with E-state index in [1.54, 1.807) is 6.07 Å². The van der Waals surface area contributed by atoms with Crippen LogP contribution in [0.5, 0.6) is 5.75 Å². The average molecular weight is 398 g/mol. The zero-order valence-electron chi connectivity index (χ0n) is 17.1. The fourth-order valence-corrected chi connectivity index (χ4v) is 7.01. The predicted molar refractivity (Wildman–Crippen MR) is 119 cm³/mol. The number of amides is 1. The molecule has 4 saturated carbocycles. The van der Waals surface area contributed by atoms with Gasteiger partial charge in [0.25, 0.3) is 0 Å². The van der Waals surface area contributed by atoms with E-state index >= 15 is 0 Å². The number of nitrogens with two attached hydrogens (primary N) is 1. The van der Waals surface area contributed by atoms with Crippen molar-refractivity contribution in [1.82, 2.24) is 0 Å². The molecule has 30 heavy (non-hydrogen) atoms. The van der Waals surface area contributed by atoms with Gasteiger partial charge in [-0.1, -0.05) is 24.3 Å². The first-order chi connectivity index (χ1) is 14.5. The maximum absolute atomic E-state index is 11.5. The van der Waals surface area contributed by atoms with Crippen LogP contribution in [-0.4, -0.2) is 11.0 Å². The second-order valence-corrected chi connectivity index (χ2v) is 9.87. The van der Waals surface area contributed by atoms with Crippen LogP contribution in [0.25, 0.3) is 21.9 Å². The molecule has 3 N–H and O–H groups in total. The minimum Gasteiger partial charge on any atom is -0.508 e. The summed E-state index contributed by atoms with van der Waals surface area (Å²) >= 11 is 0. The number of primary amides is 1. The van der Waals surface area contributed by atoms with E-state index in [4.69, 9.17) is 5.73 Å². The molecule has 0 saturated heterocycles. The van der Waals surface area contributed by atoms with Crippen LogP contribution >= 0.6 is 0 Å². The fraction of sp³-hybridized carbons (Fsp3) is 0.370. The summed E-state index contributed by atoms with van der Waals surface area (Å²) in [6.07, 6.45) is 6.83. The van der Waals surface area contributed by atoms with Crippen molar-refractivity contribution in [2.75, 3.05) is 0 Å². The molecule has 0 heterocycles. The van der Waals surface area contributed by atoms with Crippen LogP contribution in [0.4, 0.5) is 0 Å². The summed E-state index contributed by atoms with van der Waals surface area (Å²) in [4.78, 5) is 11.5. The summed E-state index contributed by atoms with van der Waals surface area (Å²) < 4.78 is 0. The Labute approximate surface area is 176 Å². The second kappa shape index (κ2) is 6.60. The molecule has 7 rings (SSSR count). The first-order valence-electron chi connectivity index (χ1n) is 11.2. The van der Waals surface area contributed by atoms with Gasteiger partial charge in [0.05, 0.1) is 0 Å². The summed E-state index contributed by atoms with van der Waals surface area (Å²) in [5.74, 6) is 3.91. The lowest BCUT2D eigenvalue weighted by Gasteiger charge is -2.54. The molecular formula is C27H27NO2. The average Bonchev–Trinajstić information content (AvgIpc) is 2.73. The van der Waals surface area contributed by atoms with Crippen molar-refractivity contribution in [3.63, 3.8) is 0 Å². The third-order valence-corrected chi connectivity index (χ3v) is 8.07. The van der Waals surface area contributed by atoms with Crippen LogP contribution in [0.1, 0.15) is 53.9 Å². The summed E-state index contributed by atoms with van der Waals surface area (Å²) in [6.45, 7) is 0. The van der Waals surface area contributed by atoms with Gasteiger partial charge in [-0.25, -0.2) is 0 Å². The van der Waals surface area contributed by atoms with Crippen molar-refractivity contribution < 1.29 is 9.90 Å². The van der Waals surface area contributed by atoms with Crippen molar-refractivity contribution >= 4 is 16.7 Å². The van der Waals surface area contributed by atoms with Crippen molar-refractivity contribution in [2.24, 2.45) is 29.4 Å². The third-order valence-electron chi connectivity index (χ3n) is 8.07. The van der Waals surface area contributed by atoms with Crippen LogP contribution in [0.15, 0.2) is 54.6 Å². The summed E-state index contributed by atoms with van der Waals surface area (Å²) in [5.41, 5.74) is 9.39.